The molecular formula is C30H43N3O. The zero-order valence-corrected chi connectivity index (χ0v) is 21.8. The minimum atomic E-state index is 0.101. The highest BCUT2D eigenvalue weighted by Gasteiger charge is 2.45. The van der Waals surface area contributed by atoms with Gasteiger partial charge < -0.3 is 10.2 Å². The molecule has 2 aliphatic rings. The predicted octanol–water partition coefficient (Wildman–Crippen LogP) is 5.36. The van der Waals surface area contributed by atoms with Gasteiger partial charge in [0.25, 0.3) is 0 Å². The van der Waals surface area contributed by atoms with Crippen molar-refractivity contribution in [2.75, 3.05) is 32.7 Å². The van der Waals surface area contributed by atoms with Crippen molar-refractivity contribution in [2.24, 2.45) is 17.3 Å². The summed E-state index contributed by atoms with van der Waals surface area (Å²) in [5.74, 6) is 1.07. The minimum absolute atomic E-state index is 0.101. The van der Waals surface area contributed by atoms with E-state index in [0.717, 1.165) is 45.6 Å². The molecule has 0 spiro atoms. The summed E-state index contributed by atoms with van der Waals surface area (Å²) in [7, 11) is 0. The number of carbonyl (C=O) groups excluding carboxylic acids is 1. The Bertz CT molecular complexity index is 887. The van der Waals surface area contributed by atoms with Crippen LogP contribution < -0.4 is 5.32 Å². The molecule has 1 aliphatic carbocycles. The van der Waals surface area contributed by atoms with Crippen LogP contribution in [-0.4, -0.2) is 54.0 Å². The number of piperazine rings is 1. The van der Waals surface area contributed by atoms with Gasteiger partial charge in [-0.3, -0.25) is 9.69 Å². The average Bonchev–Trinajstić information content (AvgIpc) is 3.58. The second kappa shape index (κ2) is 10.2. The van der Waals surface area contributed by atoms with Crippen molar-refractivity contribution in [3.05, 3.63) is 71.8 Å². The quantitative estimate of drug-likeness (QED) is 0.575. The lowest BCUT2D eigenvalue weighted by Gasteiger charge is -2.40. The number of hydrogen-bond donors (Lipinski definition) is 1. The molecule has 2 aromatic carbocycles. The second-order valence-electron chi connectivity index (χ2n) is 12.2. The number of hydrogen-bond acceptors (Lipinski definition) is 3. The third kappa shape index (κ3) is 6.49. The topological polar surface area (TPSA) is 35.6 Å². The van der Waals surface area contributed by atoms with Crippen LogP contribution in [-0.2, 0) is 4.79 Å². The second-order valence-corrected chi connectivity index (χ2v) is 12.2. The molecule has 4 heteroatoms. The standard InChI is InChI=1S/C30H43N3O/c1-29(2,3)22-30(4,5)31-21-25-20-26(25)28(34)33-18-16-32(17-19-33)27(23-12-8-6-9-13-23)24-14-10-7-11-15-24/h6-15,25-27,31H,16-22H2,1-5H3. The summed E-state index contributed by atoms with van der Waals surface area (Å²) in [6, 6.07) is 21.8. The molecule has 1 saturated heterocycles. The van der Waals surface area contributed by atoms with Crippen molar-refractivity contribution in [3.63, 3.8) is 0 Å². The van der Waals surface area contributed by atoms with Crippen molar-refractivity contribution >= 4 is 5.91 Å². The Balaban J connectivity index is 1.31. The maximum Gasteiger partial charge on any atom is 0.226 e. The summed E-state index contributed by atoms with van der Waals surface area (Å²) in [5, 5.41) is 3.74. The van der Waals surface area contributed by atoms with E-state index in [4.69, 9.17) is 0 Å². The van der Waals surface area contributed by atoms with E-state index in [9.17, 15) is 4.79 Å². The van der Waals surface area contributed by atoms with Crippen LogP contribution in [0.3, 0.4) is 0 Å². The summed E-state index contributed by atoms with van der Waals surface area (Å²) in [4.78, 5) is 17.9. The van der Waals surface area contributed by atoms with Crippen LogP contribution in [0.5, 0.6) is 0 Å². The first kappa shape index (κ1) is 24.9. The number of carbonyl (C=O) groups is 1. The maximum atomic E-state index is 13.2. The third-order valence-electron chi connectivity index (χ3n) is 7.28. The van der Waals surface area contributed by atoms with Gasteiger partial charge in [0.15, 0.2) is 0 Å². The Morgan fingerprint density at radius 3 is 1.91 bits per heavy atom. The first-order chi connectivity index (χ1) is 16.1. The van der Waals surface area contributed by atoms with E-state index >= 15 is 0 Å². The maximum absolute atomic E-state index is 13.2. The van der Waals surface area contributed by atoms with Crippen molar-refractivity contribution in [1.29, 1.82) is 0 Å². The smallest absolute Gasteiger partial charge is 0.226 e. The molecule has 1 aliphatic heterocycles. The first-order valence-electron chi connectivity index (χ1n) is 13.0. The van der Waals surface area contributed by atoms with Gasteiger partial charge in [0.1, 0.15) is 0 Å². The predicted molar refractivity (Wildman–Crippen MR) is 141 cm³/mol. The van der Waals surface area contributed by atoms with Gasteiger partial charge in [0.2, 0.25) is 5.91 Å². The Kier molecular flexibility index (Phi) is 7.49. The molecule has 0 bridgehead atoms. The SMILES string of the molecule is CC(C)(C)CC(C)(C)NCC1CC1C(=O)N1CCN(C(c2ccccc2)c2ccccc2)CC1. The highest BCUT2D eigenvalue weighted by atomic mass is 16.2. The Labute approximate surface area is 206 Å². The molecule has 2 fully saturated rings. The van der Waals surface area contributed by atoms with E-state index in [1.165, 1.54) is 11.1 Å². The fraction of sp³-hybridized carbons (Fsp3) is 0.567. The van der Waals surface area contributed by atoms with E-state index in [-0.39, 0.29) is 17.5 Å². The van der Waals surface area contributed by atoms with Gasteiger partial charge in [0, 0.05) is 37.6 Å². The van der Waals surface area contributed by atoms with Gasteiger partial charge in [-0.05, 0) is 55.7 Å². The van der Waals surface area contributed by atoms with Crippen molar-refractivity contribution in [1.82, 2.24) is 15.1 Å². The zero-order chi connectivity index (χ0) is 24.3. The molecule has 1 saturated carbocycles. The number of amides is 1. The minimum Gasteiger partial charge on any atom is -0.340 e. The van der Waals surface area contributed by atoms with Gasteiger partial charge >= 0.3 is 0 Å². The lowest BCUT2D eigenvalue weighted by molar-refractivity contribution is -0.134. The number of benzene rings is 2. The van der Waals surface area contributed by atoms with Crippen LogP contribution >= 0.6 is 0 Å². The molecule has 0 radical (unpaired) electrons. The third-order valence-corrected chi connectivity index (χ3v) is 7.28. The highest BCUT2D eigenvalue weighted by Crippen LogP contribution is 2.40. The number of nitrogens with one attached hydrogen (secondary N) is 1. The largest absolute Gasteiger partial charge is 0.340 e. The molecule has 184 valence electrons. The van der Waals surface area contributed by atoms with E-state index in [1.807, 2.05) is 0 Å². The zero-order valence-electron chi connectivity index (χ0n) is 21.8. The normalized spacial score (nSPS) is 21.6. The van der Waals surface area contributed by atoms with Crippen LogP contribution in [0.25, 0.3) is 0 Å². The van der Waals surface area contributed by atoms with Crippen LogP contribution in [0, 0.1) is 17.3 Å². The van der Waals surface area contributed by atoms with Gasteiger partial charge in [-0.25, -0.2) is 0 Å². The fourth-order valence-electron chi connectivity index (χ4n) is 5.89. The van der Waals surface area contributed by atoms with Crippen LogP contribution in [0.4, 0.5) is 0 Å². The van der Waals surface area contributed by atoms with Gasteiger partial charge in [-0.1, -0.05) is 81.4 Å². The molecule has 1 amide bonds. The first-order valence-corrected chi connectivity index (χ1v) is 13.0. The molecule has 1 heterocycles. The average molecular weight is 462 g/mol. The number of rotatable bonds is 8. The van der Waals surface area contributed by atoms with E-state index in [0.29, 0.717) is 17.2 Å². The number of nitrogens with zero attached hydrogens (tertiary/aromatic N) is 2. The lowest BCUT2D eigenvalue weighted by atomic mass is 9.82. The Morgan fingerprint density at radius 1 is 0.882 bits per heavy atom. The summed E-state index contributed by atoms with van der Waals surface area (Å²) in [6.45, 7) is 15.9. The molecule has 1 N–H and O–H groups in total. The molecular weight excluding hydrogens is 418 g/mol. The van der Waals surface area contributed by atoms with Gasteiger partial charge in [0.05, 0.1) is 6.04 Å². The summed E-state index contributed by atoms with van der Waals surface area (Å²) in [6.07, 6.45) is 2.16. The summed E-state index contributed by atoms with van der Waals surface area (Å²) >= 11 is 0. The monoisotopic (exact) mass is 461 g/mol. The lowest BCUT2D eigenvalue weighted by Crippen LogP contribution is -2.50. The van der Waals surface area contributed by atoms with Crippen molar-refractivity contribution in [3.8, 4) is 0 Å². The summed E-state index contributed by atoms with van der Waals surface area (Å²) < 4.78 is 0. The van der Waals surface area contributed by atoms with E-state index < -0.39 is 0 Å². The Hall–Kier alpha value is -2.17. The fourth-order valence-corrected chi connectivity index (χ4v) is 5.89. The van der Waals surface area contributed by atoms with Crippen LogP contribution in [0.2, 0.25) is 0 Å². The van der Waals surface area contributed by atoms with Crippen molar-refractivity contribution < 1.29 is 4.79 Å². The molecule has 2 atom stereocenters. The molecule has 4 rings (SSSR count). The molecule has 2 unspecified atom stereocenters. The molecule has 34 heavy (non-hydrogen) atoms. The molecule has 0 aromatic heterocycles. The van der Waals surface area contributed by atoms with Gasteiger partial charge in [-0.15, -0.1) is 0 Å². The molecule has 4 nitrogen and oxygen atoms in total. The van der Waals surface area contributed by atoms with E-state index in [2.05, 4.69) is 110 Å². The summed E-state index contributed by atoms with van der Waals surface area (Å²) in [5.41, 5.74) is 3.04. The molecule has 2 aromatic rings. The van der Waals surface area contributed by atoms with E-state index in [1.54, 1.807) is 0 Å². The Morgan fingerprint density at radius 2 is 1.41 bits per heavy atom. The van der Waals surface area contributed by atoms with Gasteiger partial charge in [-0.2, -0.15) is 0 Å². The van der Waals surface area contributed by atoms with Crippen molar-refractivity contribution in [2.45, 2.75) is 59.0 Å². The van der Waals surface area contributed by atoms with Crippen LogP contribution in [0.1, 0.15) is 64.6 Å². The highest BCUT2D eigenvalue weighted by molar-refractivity contribution is 5.81. The van der Waals surface area contributed by atoms with Crippen LogP contribution in [0.15, 0.2) is 60.7 Å².